The first-order chi connectivity index (χ1) is 31.5. The van der Waals surface area contributed by atoms with E-state index in [0.717, 1.165) is 70.0 Å². The van der Waals surface area contributed by atoms with Crippen molar-refractivity contribution in [3.63, 3.8) is 0 Å². The van der Waals surface area contributed by atoms with Gasteiger partial charge in [0.2, 0.25) is 0 Å². The summed E-state index contributed by atoms with van der Waals surface area (Å²) >= 11 is 1.48. The molecule has 0 aliphatic heterocycles. The van der Waals surface area contributed by atoms with Gasteiger partial charge >= 0.3 is 27.6 Å². The van der Waals surface area contributed by atoms with Crippen LogP contribution in [0.25, 0.3) is 0 Å². The van der Waals surface area contributed by atoms with Crippen LogP contribution in [0.1, 0.15) is 213 Å². The lowest BCUT2D eigenvalue weighted by atomic mass is 9.85. The Labute approximate surface area is 399 Å². The van der Waals surface area contributed by atoms with Gasteiger partial charge in [-0.1, -0.05) is 180 Å². The Bertz CT molecular complexity index is 1360. The highest BCUT2D eigenvalue weighted by Crippen LogP contribution is 2.49. The lowest BCUT2D eigenvalue weighted by Gasteiger charge is -2.43. The van der Waals surface area contributed by atoms with E-state index >= 15 is 0 Å². The van der Waals surface area contributed by atoms with Crippen molar-refractivity contribution in [1.29, 1.82) is 0 Å². The van der Waals surface area contributed by atoms with E-state index in [2.05, 4.69) is 11.4 Å². The number of unbranched alkanes of at least 4 members (excludes halogenated alkanes) is 25. The maximum absolute atomic E-state index is 13.0. The minimum atomic E-state index is -5.37. The summed E-state index contributed by atoms with van der Waals surface area (Å²) in [5.74, 6) is -0.273. The summed E-state index contributed by atoms with van der Waals surface area (Å²) in [4.78, 5) is 65.9. The zero-order valence-corrected chi connectivity index (χ0v) is 42.7. The molecule has 8 atom stereocenters. The van der Waals surface area contributed by atoms with Gasteiger partial charge in [-0.25, -0.2) is 9.13 Å². The second-order valence-corrected chi connectivity index (χ2v) is 21.6. The third kappa shape index (κ3) is 32.8. The van der Waals surface area contributed by atoms with Crippen molar-refractivity contribution in [2.45, 2.75) is 256 Å². The van der Waals surface area contributed by atoms with Crippen molar-refractivity contribution >= 4 is 44.5 Å². The number of carbonyl (C=O) groups is 3. The minimum absolute atomic E-state index is 0.0431. The van der Waals surface area contributed by atoms with E-state index in [1.807, 2.05) is 6.92 Å². The summed E-state index contributed by atoms with van der Waals surface area (Å²) in [5, 5.41) is 41.6. The number of esters is 2. The second kappa shape index (κ2) is 38.7. The number of hydrogen-bond acceptors (Lipinski definition) is 15. The molecule has 1 aliphatic carbocycles. The summed E-state index contributed by atoms with van der Waals surface area (Å²) in [6.07, 6.45) is 17.0. The first-order valence-corrected chi connectivity index (χ1v) is 29.1. The van der Waals surface area contributed by atoms with E-state index < -0.39 is 83.5 Å². The third-order valence-corrected chi connectivity index (χ3v) is 14.2. The van der Waals surface area contributed by atoms with Crippen LogP contribution in [0.15, 0.2) is 0 Å². The van der Waals surface area contributed by atoms with Gasteiger partial charge in [0, 0.05) is 25.0 Å². The maximum atomic E-state index is 13.0. The van der Waals surface area contributed by atoms with E-state index in [-0.39, 0.29) is 12.8 Å². The van der Waals surface area contributed by atoms with Crippen molar-refractivity contribution in [3.8, 4) is 0 Å². The lowest BCUT2D eigenvalue weighted by molar-refractivity contribution is -0.216. The molecule has 4 unspecified atom stereocenters. The highest BCUT2D eigenvalue weighted by Gasteiger charge is 2.54. The van der Waals surface area contributed by atoms with Crippen LogP contribution in [0.4, 0.5) is 0 Å². The van der Waals surface area contributed by atoms with Gasteiger partial charge in [-0.2, -0.15) is 0 Å². The molecule has 0 spiro atoms. The highest BCUT2D eigenvalue weighted by molar-refractivity contribution is 8.13. The van der Waals surface area contributed by atoms with Crippen LogP contribution < -0.4 is 0 Å². The molecule has 0 aromatic carbocycles. The highest BCUT2D eigenvalue weighted by atomic mass is 32.2. The monoisotopic (exact) mass is 1010 g/mol. The summed E-state index contributed by atoms with van der Waals surface area (Å²) in [5.41, 5.74) is 0. The number of ether oxygens (including phenoxy) is 2. The zero-order valence-electron chi connectivity index (χ0n) is 40.1. The maximum Gasteiger partial charge on any atom is 0.472 e. The van der Waals surface area contributed by atoms with Crippen molar-refractivity contribution in [1.82, 2.24) is 0 Å². The number of aliphatic hydroxyl groups excluding tert-OH is 4. The molecular formula is C46H88O17P2S. The van der Waals surface area contributed by atoms with Gasteiger partial charge in [0.25, 0.3) is 0 Å². The van der Waals surface area contributed by atoms with Crippen molar-refractivity contribution in [2.75, 3.05) is 19.0 Å². The molecule has 1 saturated carbocycles. The predicted molar refractivity (Wildman–Crippen MR) is 254 cm³/mol. The lowest BCUT2D eigenvalue weighted by Crippen LogP contribution is -2.64. The summed E-state index contributed by atoms with van der Waals surface area (Å²) in [7, 11) is -10.7. The molecule has 0 radical (unpaired) electrons. The van der Waals surface area contributed by atoms with Crippen LogP contribution >= 0.6 is 27.4 Å². The molecule has 1 fully saturated rings. The number of thioether (sulfide) groups is 1. The van der Waals surface area contributed by atoms with E-state index in [4.69, 9.17) is 18.5 Å². The van der Waals surface area contributed by atoms with Gasteiger partial charge in [0.1, 0.15) is 43.2 Å². The molecule has 1 rings (SSSR count). The Morgan fingerprint density at radius 3 is 1.33 bits per heavy atom. The summed E-state index contributed by atoms with van der Waals surface area (Å²) in [6.45, 7) is 2.90. The normalized spacial score (nSPS) is 21.3. The number of aliphatic hydroxyl groups is 4. The molecule has 0 amide bonds. The summed E-state index contributed by atoms with van der Waals surface area (Å²) in [6, 6.07) is 0. The molecule has 390 valence electrons. The SMILES string of the molecule is CCCCCCCCCCCCCCCC(=O)O[C@H](COC(=O)CCCCCCCCCCCCCCCCSC(=O)CCC)COP(=O)(O)OC1C(O)[C@@H](O)C(O)[C@@H](OP(=O)(O)O)[C@H]1O. The Morgan fingerprint density at radius 1 is 0.485 bits per heavy atom. The van der Waals surface area contributed by atoms with Crippen molar-refractivity contribution < 1.29 is 81.7 Å². The molecule has 0 saturated heterocycles. The topological polar surface area (TPSA) is 273 Å². The quantitative estimate of drug-likeness (QED) is 0.0170. The third-order valence-electron chi connectivity index (χ3n) is 11.7. The molecule has 0 aromatic rings. The number of rotatable bonds is 43. The molecule has 66 heavy (non-hydrogen) atoms. The second-order valence-electron chi connectivity index (χ2n) is 17.8. The zero-order chi connectivity index (χ0) is 49.1. The van der Waals surface area contributed by atoms with Gasteiger partial charge < -0.3 is 44.6 Å². The van der Waals surface area contributed by atoms with Crippen LogP contribution in [0.2, 0.25) is 0 Å². The van der Waals surface area contributed by atoms with Crippen LogP contribution in [0.3, 0.4) is 0 Å². The largest absolute Gasteiger partial charge is 0.472 e. The van der Waals surface area contributed by atoms with Gasteiger partial charge in [-0.15, -0.1) is 0 Å². The van der Waals surface area contributed by atoms with Crippen LogP contribution in [0, 0.1) is 0 Å². The van der Waals surface area contributed by atoms with Gasteiger partial charge in [-0.05, 0) is 25.7 Å². The number of phosphoric ester groups is 2. The molecule has 7 N–H and O–H groups in total. The van der Waals surface area contributed by atoms with Crippen LogP contribution in [0.5, 0.6) is 0 Å². The Balaban J connectivity index is 2.50. The molecule has 0 heterocycles. The Morgan fingerprint density at radius 2 is 0.894 bits per heavy atom. The fourth-order valence-corrected chi connectivity index (χ4v) is 10.3. The molecule has 1 aliphatic rings. The fourth-order valence-electron chi connectivity index (χ4n) is 7.81. The Hall–Kier alpha value is -0.980. The van der Waals surface area contributed by atoms with E-state index in [1.165, 1.54) is 114 Å². The van der Waals surface area contributed by atoms with Crippen LogP contribution in [-0.2, 0) is 46.6 Å². The number of hydrogen-bond donors (Lipinski definition) is 7. The number of carbonyl (C=O) groups excluding carboxylic acids is 3. The van der Waals surface area contributed by atoms with E-state index in [0.29, 0.717) is 24.4 Å². The number of phosphoric acid groups is 2. The average Bonchev–Trinajstić information content (AvgIpc) is 3.26. The van der Waals surface area contributed by atoms with Gasteiger partial charge in [0.15, 0.2) is 11.2 Å². The molecule has 0 aromatic heterocycles. The Kier molecular flexibility index (Phi) is 37.0. The standard InChI is InChI=1S/C46H88O17P2S/c1-3-5-6-7-8-9-10-13-17-20-23-26-29-33-39(48)61-37(36-60-65(57,58)63-46-43(52)41(50)42(51)45(44(46)53)62-64(54,55)56)35-59-38(47)32-28-25-22-19-16-14-11-12-15-18-21-24-27-30-34-66-40(49)31-4-2/h37,41-46,50-53H,3-36H2,1-2H3,(H,57,58)(H2,54,55,56)/t37-,41+,42?,43?,44-,45-,46?/m1/s1. The van der Waals surface area contributed by atoms with Crippen molar-refractivity contribution in [2.24, 2.45) is 0 Å². The first-order valence-electron chi connectivity index (χ1n) is 25.1. The minimum Gasteiger partial charge on any atom is -0.462 e. The molecule has 20 heteroatoms. The predicted octanol–water partition coefficient (Wildman–Crippen LogP) is 9.27. The molecular weight excluding hydrogens is 919 g/mol. The smallest absolute Gasteiger partial charge is 0.462 e. The van der Waals surface area contributed by atoms with E-state index in [9.17, 15) is 58.6 Å². The van der Waals surface area contributed by atoms with Crippen molar-refractivity contribution in [3.05, 3.63) is 0 Å². The average molecular weight is 1010 g/mol. The first kappa shape index (κ1) is 63.0. The van der Waals surface area contributed by atoms with Crippen LogP contribution in [-0.4, -0.2) is 114 Å². The van der Waals surface area contributed by atoms with Gasteiger partial charge in [-0.3, -0.25) is 28.0 Å². The fraction of sp³-hybridized carbons (Fsp3) is 0.935. The molecule has 0 bridgehead atoms. The van der Waals surface area contributed by atoms with E-state index in [1.54, 1.807) is 0 Å². The summed E-state index contributed by atoms with van der Waals surface area (Å²) < 4.78 is 49.4. The molecule has 17 nitrogen and oxygen atoms in total. The van der Waals surface area contributed by atoms with Gasteiger partial charge in [0.05, 0.1) is 6.61 Å².